The van der Waals surface area contributed by atoms with Crippen molar-refractivity contribution in [2.75, 3.05) is 121 Å². The number of piperidine rings is 1. The number of fused-ring (bicyclic) bond motifs is 12. The van der Waals surface area contributed by atoms with E-state index in [2.05, 4.69) is 41.2 Å². The summed E-state index contributed by atoms with van der Waals surface area (Å²) < 4.78 is 119. The lowest BCUT2D eigenvalue weighted by molar-refractivity contribution is -0.0445. The van der Waals surface area contributed by atoms with Gasteiger partial charge in [-0.25, -0.2) is 19.6 Å². The van der Waals surface area contributed by atoms with Gasteiger partial charge in [0.1, 0.15) is 0 Å². The molecule has 10 aromatic carbocycles. The van der Waals surface area contributed by atoms with Crippen LogP contribution < -0.4 is 122 Å². The van der Waals surface area contributed by atoms with E-state index < -0.39 is 18.0 Å². The van der Waals surface area contributed by atoms with E-state index in [4.69, 9.17) is 104 Å². The molecule has 0 atom stereocenters. The number of carbonyl (C=O) groups excluding carboxylic acids is 4. The quantitative estimate of drug-likeness (QED) is 0.0461. The number of carboxylic acid groups (broad SMARTS) is 1. The fourth-order valence-corrected chi connectivity index (χ4v) is 15.8. The molecule has 138 heavy (non-hydrogen) atoms. The number of hydrogen-bond donors (Lipinski definition) is 6. The number of rotatable bonds is 13. The first kappa shape index (κ1) is 92.1. The maximum atomic E-state index is 13.1. The second-order valence-corrected chi connectivity index (χ2v) is 31.5. The Labute approximate surface area is 785 Å². The predicted octanol–water partition coefficient (Wildman–Crippen LogP) is 13.0. The molecule has 26 rings (SSSR count). The smallest absolute Gasteiger partial charge is 0.336 e. The number of ether oxygens (including phenoxy) is 22. The Morgan fingerprint density at radius 3 is 1.17 bits per heavy atom. The fourth-order valence-electron chi connectivity index (χ4n) is 15.8. The monoisotopic (exact) mass is 1890 g/mol. The highest BCUT2D eigenvalue weighted by Gasteiger charge is 2.34. The Morgan fingerprint density at radius 1 is 0.406 bits per heavy atom. The summed E-state index contributed by atoms with van der Waals surface area (Å²) >= 11 is 0. The average molecular weight is 1890 g/mol. The zero-order valence-electron chi connectivity index (χ0n) is 74.7. The van der Waals surface area contributed by atoms with Crippen LogP contribution in [-0.4, -0.2) is 186 Å². The summed E-state index contributed by atoms with van der Waals surface area (Å²) in [5.41, 5.74) is 5.27. The van der Waals surface area contributed by atoms with E-state index in [9.17, 15) is 38.7 Å². The summed E-state index contributed by atoms with van der Waals surface area (Å²) in [6.07, 6.45) is 12.9. The van der Waals surface area contributed by atoms with Crippen molar-refractivity contribution in [3.05, 3.63) is 241 Å². The molecule has 0 bridgehead atoms. The third kappa shape index (κ3) is 20.6. The molecule has 712 valence electrons. The number of aromatic amines is 2. The van der Waals surface area contributed by atoms with Gasteiger partial charge in [0.15, 0.2) is 145 Å². The molecule has 16 heterocycles. The molecule has 13 aliphatic heterocycles. The lowest BCUT2D eigenvalue weighted by Gasteiger charge is -2.15. The summed E-state index contributed by atoms with van der Waals surface area (Å²) in [5, 5.41) is 32.4. The molecule has 0 amide bonds. The highest BCUT2D eigenvalue weighted by Crippen LogP contribution is 2.47. The zero-order chi connectivity index (χ0) is 95.0. The Balaban J connectivity index is 0.000000109. The highest BCUT2D eigenvalue weighted by atomic mass is 16.7. The molecule has 0 aliphatic carbocycles. The number of aromatic carboxylic acids is 1. The highest BCUT2D eigenvalue weighted by molar-refractivity contribution is 6.16. The molecule has 6 N–H and O–H groups in total. The molecule has 0 spiro atoms. The fraction of sp³-hybridized carbons (Fsp3) is 0.273. The van der Waals surface area contributed by atoms with Crippen LogP contribution in [0, 0.1) is 0 Å². The maximum Gasteiger partial charge on any atom is 0.336 e. The molecular formula is C99H91N9O30. The van der Waals surface area contributed by atoms with E-state index in [0.717, 1.165) is 22.9 Å². The van der Waals surface area contributed by atoms with Crippen LogP contribution in [0.15, 0.2) is 180 Å². The first-order chi connectivity index (χ1) is 67.6. The molecule has 13 aliphatic rings. The van der Waals surface area contributed by atoms with E-state index in [1.807, 2.05) is 63.5 Å². The summed E-state index contributed by atoms with van der Waals surface area (Å²) in [6, 6.07) is 42.1. The van der Waals surface area contributed by atoms with Crippen LogP contribution >= 0.6 is 0 Å². The summed E-state index contributed by atoms with van der Waals surface area (Å²) in [7, 11) is 3.75. The van der Waals surface area contributed by atoms with Crippen molar-refractivity contribution in [3.8, 4) is 138 Å². The van der Waals surface area contributed by atoms with Gasteiger partial charge >= 0.3 is 5.97 Å². The number of imidazole rings is 1. The van der Waals surface area contributed by atoms with Crippen molar-refractivity contribution in [2.24, 2.45) is 0 Å². The van der Waals surface area contributed by atoms with Crippen LogP contribution in [0.25, 0.3) is 44.1 Å². The minimum Gasteiger partial charge on any atom is -0.478 e. The van der Waals surface area contributed by atoms with Crippen LogP contribution in [-0.2, 0) is 16.0 Å². The largest absolute Gasteiger partial charge is 0.478 e. The number of carbonyl (C=O) groups is 5. The number of aldehydes is 1. The van der Waals surface area contributed by atoms with Crippen LogP contribution in [0.2, 0.25) is 0 Å². The van der Waals surface area contributed by atoms with Gasteiger partial charge in [0.2, 0.25) is 67.9 Å². The molecule has 13 aromatic rings. The molecule has 0 unspecified atom stereocenters. The Morgan fingerprint density at radius 2 is 0.761 bits per heavy atom. The van der Waals surface area contributed by atoms with E-state index in [0.29, 0.717) is 196 Å². The van der Waals surface area contributed by atoms with Crippen LogP contribution in [0.5, 0.6) is 115 Å². The lowest BCUT2D eigenvalue weighted by Crippen LogP contribution is -2.23. The van der Waals surface area contributed by atoms with Crippen molar-refractivity contribution >= 4 is 51.2 Å². The van der Waals surface area contributed by atoms with Gasteiger partial charge < -0.3 is 130 Å². The molecule has 0 radical (unpaired) electrons. The Kier molecular flexibility index (Phi) is 28.6. The second kappa shape index (κ2) is 42.9. The number of H-pyrrole nitrogens is 2. The second-order valence-electron chi connectivity index (χ2n) is 31.5. The van der Waals surface area contributed by atoms with E-state index >= 15 is 0 Å². The van der Waals surface area contributed by atoms with Crippen LogP contribution in [0.3, 0.4) is 0 Å². The predicted molar refractivity (Wildman–Crippen MR) is 489 cm³/mol. The van der Waals surface area contributed by atoms with Gasteiger partial charge in [-0.05, 0) is 224 Å². The van der Waals surface area contributed by atoms with Gasteiger partial charge in [-0.15, -0.1) is 0 Å². The third-order valence-electron chi connectivity index (χ3n) is 22.5. The topological polar surface area (TPSA) is 454 Å². The number of aryl methyl sites for hydroxylation is 1. The number of aromatic nitrogens is 6. The van der Waals surface area contributed by atoms with Gasteiger partial charge in [-0.2, -0.15) is 10.2 Å². The van der Waals surface area contributed by atoms with Crippen molar-refractivity contribution in [1.29, 1.82) is 0 Å². The van der Waals surface area contributed by atoms with Crippen molar-refractivity contribution in [2.45, 2.75) is 58.3 Å². The number of ketones is 3. The number of nitrogens with zero attached hydrogens (tertiary/aromatic N) is 4. The average Bonchev–Trinajstić information content (AvgIpc) is 1.58. The number of hydrogen-bond acceptors (Lipinski definition) is 35. The van der Waals surface area contributed by atoms with Gasteiger partial charge in [0.05, 0.1) is 47.3 Å². The van der Waals surface area contributed by atoms with Crippen molar-refractivity contribution < 1.29 is 133 Å². The lowest BCUT2D eigenvalue weighted by atomic mass is 9.97. The molecule has 3 aromatic heterocycles. The van der Waals surface area contributed by atoms with Crippen molar-refractivity contribution in [3.63, 3.8) is 0 Å². The summed E-state index contributed by atoms with van der Waals surface area (Å²) in [5.74, 6) is 8.95. The summed E-state index contributed by atoms with van der Waals surface area (Å²) in [6.45, 7) is 9.83. The number of carboxylic acids is 1. The number of nitrogens with one attached hydrogen (secondary N) is 5. The molecule has 0 saturated carbocycles. The minimum absolute atomic E-state index is 0.00391. The molecule has 39 heteroatoms. The summed E-state index contributed by atoms with van der Waals surface area (Å²) in [4.78, 5) is 92.6. The normalized spacial score (nSPS) is 15.2. The zero-order valence-corrected chi connectivity index (χ0v) is 74.7. The van der Waals surface area contributed by atoms with Crippen molar-refractivity contribution in [1.82, 2.24) is 45.9 Å². The Bertz CT molecular complexity index is 6820. The standard InChI is InChI=1S/C19H16N2O5.C18H14O7.C16H10N2O5.C16H10O7.C16H10O6.C5H11N.C4H9N.C3H4N2.C2H7N/c1-2-5-21-19(22)13-8-17-16(25-10-26-17)7-12(13)18(20-21)11-3-4-14-15(6-11)24-9-23-14;19-17(10-1-2-13-14(5-10)23-8-22-13)11-6-15-16(25-9-24-15)7-12(11)18-20-3-4-21-18;19-16-10-5-14-13(22-7-23-14)4-9(10)15(17-18-16)8-1-2-11-12(3-8)21-6-20-11;17-15(8-1-2-11-12(3-8)21-6-20-11)9-4-13-14(23-7-22-13)5-10(9)16(18)19;17-6-10-4-14-15(22-8-21-14)5-11(10)16(18)9-1-2-12-13(3-9)20-7-19-12;1-2-4-6-5-3-1;1-2-4-5-3-1;1-2-5-3-4-1;1-3-2/h3-4,6-8H,2,5,9-10H2,1H3;1-2,5-7,18H,3-4,8-9H2;2*1-5H,6-7H2,(H,18,19);1-6H,7-8H2;6H,1-5H2;5H,1-4H2;1-3H,(H,4,5);3H,1-2H3. The van der Waals surface area contributed by atoms with Gasteiger partial charge in [0.25, 0.3) is 11.1 Å². The first-order valence-electron chi connectivity index (χ1n) is 44.1. The van der Waals surface area contributed by atoms with Crippen LogP contribution in [0.4, 0.5) is 0 Å². The van der Waals surface area contributed by atoms with Gasteiger partial charge in [0, 0.05) is 85.3 Å². The maximum absolute atomic E-state index is 13.1. The minimum atomic E-state index is -1.22. The van der Waals surface area contributed by atoms with E-state index in [1.54, 1.807) is 97.6 Å². The van der Waals surface area contributed by atoms with Gasteiger partial charge in [-0.1, -0.05) is 13.3 Å². The first-order valence-corrected chi connectivity index (χ1v) is 44.1. The Hall–Kier alpha value is -16.4. The molecule has 3 fully saturated rings. The number of benzene rings is 10. The molecule has 3 saturated heterocycles. The van der Waals surface area contributed by atoms with Crippen LogP contribution in [0.1, 0.15) is 126 Å². The molecule has 39 nitrogen and oxygen atoms in total. The SMILES string of the molecule is C1CCNC1.C1CCNCC1.CCCn1nc(-c2ccc3c(c2)OCO3)c2cc3c(cc2c1=O)OCO3.CNC.O=C(O)c1cc2c(cc1C(=O)c1ccc3c(c1)OCO3)OCO2.O=C(c1ccc2c(c1)OCO2)c1cc2c(cc1C1OCCO1)OCO2.O=Cc1cc2c(cc1C(=O)c1ccc3c(c1)OCO3)OCO2.O=c1[nH]nc(-c2ccc3c(c2)OCO3)c2cc3c(cc12)OCO3.c1c[nH]cn1. The molecular weight excluding hydrogens is 1800 g/mol. The third-order valence-corrected chi connectivity index (χ3v) is 22.5. The van der Waals surface area contributed by atoms with Gasteiger partial charge in [-0.3, -0.25) is 28.8 Å². The van der Waals surface area contributed by atoms with E-state index in [1.165, 1.54) is 93.3 Å². The van der Waals surface area contributed by atoms with E-state index in [-0.39, 0.29) is 113 Å².